The average Bonchev–Trinajstić information content (AvgIpc) is 3.12. The number of aromatic nitrogens is 2. The molecule has 148 valence electrons. The quantitative estimate of drug-likeness (QED) is 0.196. The topological polar surface area (TPSA) is 140 Å². The third kappa shape index (κ3) is 7.68. The second-order valence-corrected chi connectivity index (χ2v) is 10.9. The predicted molar refractivity (Wildman–Crippen MR) is 105 cm³/mol. The monoisotopic (exact) mass is 534 g/mol. The molecular weight excluding hydrogens is 523 g/mol. The fraction of sp³-hybridized carbons (Fsp3) is 0.125. The van der Waals surface area contributed by atoms with E-state index >= 15 is 0 Å². The summed E-state index contributed by atoms with van der Waals surface area (Å²) in [7, 11) is -8.71. The molecule has 8 nitrogen and oxygen atoms in total. The SMILES string of the molecule is Cc1nc2ccc(S(=O)(=O)[O-])cc2s1.Cc1nc2ccc(S(=O)(=O)[O-])cc2s1.[K+].[K+]. The molecule has 0 saturated carbocycles. The van der Waals surface area contributed by atoms with E-state index in [1.165, 1.54) is 46.9 Å². The molecule has 0 fully saturated rings. The van der Waals surface area contributed by atoms with Gasteiger partial charge in [-0.05, 0) is 50.2 Å². The van der Waals surface area contributed by atoms with Gasteiger partial charge in [0, 0.05) is 0 Å². The third-order valence-corrected chi connectivity index (χ3v) is 7.04. The Morgan fingerprint density at radius 3 is 1.33 bits per heavy atom. The Labute approximate surface area is 266 Å². The van der Waals surface area contributed by atoms with Crippen molar-refractivity contribution < 1.29 is 129 Å². The van der Waals surface area contributed by atoms with Gasteiger partial charge in [-0.2, -0.15) is 0 Å². The molecule has 2 heterocycles. The van der Waals surface area contributed by atoms with Gasteiger partial charge in [0.1, 0.15) is 20.2 Å². The van der Waals surface area contributed by atoms with Crippen LogP contribution in [0.2, 0.25) is 0 Å². The number of thiazole rings is 2. The summed E-state index contributed by atoms with van der Waals surface area (Å²) in [5, 5.41) is 1.70. The van der Waals surface area contributed by atoms with Crippen LogP contribution in [0.1, 0.15) is 10.0 Å². The molecule has 0 amide bonds. The van der Waals surface area contributed by atoms with Gasteiger partial charge in [0.2, 0.25) is 0 Å². The molecule has 0 spiro atoms. The minimum absolute atomic E-state index is 0. The van der Waals surface area contributed by atoms with Crippen LogP contribution in [0.4, 0.5) is 0 Å². The van der Waals surface area contributed by atoms with Crippen molar-refractivity contribution in [2.24, 2.45) is 0 Å². The second kappa shape index (κ2) is 11.6. The molecule has 4 rings (SSSR count). The van der Waals surface area contributed by atoms with E-state index in [1.54, 1.807) is 12.1 Å². The minimum Gasteiger partial charge on any atom is -0.744 e. The van der Waals surface area contributed by atoms with Crippen LogP contribution in [0.25, 0.3) is 20.4 Å². The number of rotatable bonds is 2. The Hall–Kier alpha value is 1.31. The Bertz CT molecular complexity index is 1290. The molecule has 0 saturated heterocycles. The van der Waals surface area contributed by atoms with Gasteiger partial charge in [0.05, 0.1) is 40.2 Å². The maximum absolute atomic E-state index is 10.7. The van der Waals surface area contributed by atoms with Crippen molar-refractivity contribution in [1.82, 2.24) is 9.97 Å². The number of fused-ring (bicyclic) bond motifs is 2. The fourth-order valence-electron chi connectivity index (χ4n) is 2.35. The largest absolute Gasteiger partial charge is 1.00 e. The van der Waals surface area contributed by atoms with Crippen LogP contribution in [0, 0.1) is 13.8 Å². The molecule has 0 aliphatic carbocycles. The number of aryl methyl sites for hydroxylation is 2. The van der Waals surface area contributed by atoms with Gasteiger partial charge in [-0.3, -0.25) is 0 Å². The van der Waals surface area contributed by atoms with Crippen LogP contribution in [-0.4, -0.2) is 35.9 Å². The number of hydrogen-bond acceptors (Lipinski definition) is 10. The van der Waals surface area contributed by atoms with Gasteiger partial charge in [-0.15, -0.1) is 22.7 Å². The summed E-state index contributed by atoms with van der Waals surface area (Å²) in [4.78, 5) is 7.92. The van der Waals surface area contributed by atoms with Crippen molar-refractivity contribution in [3.8, 4) is 0 Å². The maximum Gasteiger partial charge on any atom is 1.00 e. The van der Waals surface area contributed by atoms with Crippen molar-refractivity contribution in [3.05, 3.63) is 46.4 Å². The Kier molecular flexibility index (Phi) is 11.4. The van der Waals surface area contributed by atoms with Crippen LogP contribution in [0.15, 0.2) is 46.2 Å². The standard InChI is InChI=1S/2C8H7NO3S2.2K/c2*1-5-9-7-3-2-6(14(10,11)12)4-8(7)13-5;;/h2*2-4H,1H3,(H,10,11,12);;/q;;2*+1/p-2. The Balaban J connectivity index is 0.000000281. The van der Waals surface area contributed by atoms with Crippen LogP contribution < -0.4 is 103 Å². The zero-order valence-corrected chi connectivity index (χ0v) is 26.0. The van der Waals surface area contributed by atoms with E-state index in [2.05, 4.69) is 9.97 Å². The summed E-state index contributed by atoms with van der Waals surface area (Å²) in [5.41, 5.74) is 1.44. The second-order valence-electron chi connectivity index (χ2n) is 5.63. The Morgan fingerprint density at radius 2 is 1.03 bits per heavy atom. The van der Waals surface area contributed by atoms with Crippen molar-refractivity contribution in [2.45, 2.75) is 23.6 Å². The van der Waals surface area contributed by atoms with Crippen molar-refractivity contribution >= 4 is 63.3 Å². The van der Waals surface area contributed by atoms with Crippen LogP contribution in [-0.2, 0) is 20.2 Å². The zero-order valence-electron chi connectivity index (χ0n) is 16.4. The van der Waals surface area contributed by atoms with Gasteiger partial charge in [-0.1, -0.05) is 0 Å². The van der Waals surface area contributed by atoms with Crippen LogP contribution in [0.5, 0.6) is 0 Å². The summed E-state index contributed by atoms with van der Waals surface area (Å²) >= 11 is 2.74. The first-order valence-corrected chi connectivity index (χ1v) is 12.0. The summed E-state index contributed by atoms with van der Waals surface area (Å²) in [6.45, 7) is 3.66. The molecule has 30 heavy (non-hydrogen) atoms. The van der Waals surface area contributed by atoms with E-state index in [4.69, 9.17) is 0 Å². The molecule has 2 aromatic carbocycles. The molecule has 2 aromatic heterocycles. The predicted octanol–water partition coefficient (Wildman–Crippen LogP) is -2.97. The molecule has 0 unspecified atom stereocenters. The first-order valence-electron chi connectivity index (χ1n) is 7.60. The summed E-state index contributed by atoms with van der Waals surface area (Å²) in [5.74, 6) is 0. The van der Waals surface area contributed by atoms with E-state index in [1.807, 2.05) is 13.8 Å². The molecule has 0 aliphatic rings. The summed E-state index contributed by atoms with van der Waals surface area (Å²) in [6, 6.07) is 8.38. The van der Waals surface area contributed by atoms with E-state index in [9.17, 15) is 25.9 Å². The number of hydrogen-bond donors (Lipinski definition) is 0. The van der Waals surface area contributed by atoms with Gasteiger partial charge in [-0.25, -0.2) is 26.8 Å². The minimum atomic E-state index is -4.36. The average molecular weight is 535 g/mol. The van der Waals surface area contributed by atoms with Crippen molar-refractivity contribution in [2.75, 3.05) is 0 Å². The van der Waals surface area contributed by atoms with Crippen molar-refractivity contribution in [1.29, 1.82) is 0 Å². The summed E-state index contributed by atoms with van der Waals surface area (Å²) < 4.78 is 65.7. The van der Waals surface area contributed by atoms with Gasteiger partial charge in [0.25, 0.3) is 0 Å². The Morgan fingerprint density at radius 1 is 0.700 bits per heavy atom. The van der Waals surface area contributed by atoms with E-state index in [0.29, 0.717) is 0 Å². The number of benzene rings is 2. The molecule has 0 bridgehead atoms. The normalized spacial score (nSPS) is 11.3. The van der Waals surface area contributed by atoms with Gasteiger partial charge in [0.15, 0.2) is 0 Å². The smallest absolute Gasteiger partial charge is 0.744 e. The third-order valence-electron chi connectivity index (χ3n) is 3.51. The number of nitrogens with zero attached hydrogens (tertiary/aromatic N) is 2. The molecule has 0 atom stereocenters. The fourth-order valence-corrected chi connectivity index (χ4v) is 5.23. The van der Waals surface area contributed by atoms with E-state index in [-0.39, 0.29) is 113 Å². The molecular formula is C16H12K2N2O6S4. The van der Waals surface area contributed by atoms with Crippen LogP contribution in [0.3, 0.4) is 0 Å². The molecule has 0 N–H and O–H groups in total. The van der Waals surface area contributed by atoms with Crippen molar-refractivity contribution in [3.63, 3.8) is 0 Å². The van der Waals surface area contributed by atoms with E-state index < -0.39 is 20.2 Å². The van der Waals surface area contributed by atoms with E-state index in [0.717, 1.165) is 30.4 Å². The van der Waals surface area contributed by atoms with Gasteiger partial charge >= 0.3 is 103 Å². The molecule has 0 radical (unpaired) electrons. The van der Waals surface area contributed by atoms with Crippen LogP contribution >= 0.6 is 22.7 Å². The van der Waals surface area contributed by atoms with Gasteiger partial charge < -0.3 is 9.11 Å². The molecule has 4 aromatic rings. The zero-order chi connectivity index (χ0) is 20.7. The first kappa shape index (κ1) is 29.3. The first-order chi connectivity index (χ1) is 12.9. The molecule has 14 heteroatoms. The maximum atomic E-state index is 10.7. The molecule has 0 aliphatic heterocycles. The summed E-state index contributed by atoms with van der Waals surface area (Å²) in [6.07, 6.45) is 0.